The van der Waals surface area contributed by atoms with E-state index in [0.29, 0.717) is 12.8 Å². The first-order valence-electron chi connectivity index (χ1n) is 10.8. The molecular formula is C26H30N2O2. The minimum Gasteiger partial charge on any atom is -0.357 e. The summed E-state index contributed by atoms with van der Waals surface area (Å²) in [6.45, 7) is 8.37. The second-order valence-electron chi connectivity index (χ2n) is 9.65. The summed E-state index contributed by atoms with van der Waals surface area (Å²) in [5, 5.41) is 3.55. The third-order valence-electron chi connectivity index (χ3n) is 5.87. The average Bonchev–Trinajstić information content (AvgIpc) is 2.81. The number of hydrogen-bond donors (Lipinski definition) is 1. The number of rotatable bonds is 3. The van der Waals surface area contributed by atoms with E-state index in [2.05, 4.69) is 33.0 Å². The minimum absolute atomic E-state index is 0.0412. The highest BCUT2D eigenvalue weighted by atomic mass is 16.2. The molecule has 1 amide bonds. The van der Waals surface area contributed by atoms with Crippen LogP contribution in [0.5, 0.6) is 0 Å². The van der Waals surface area contributed by atoms with Crippen LogP contribution >= 0.6 is 0 Å². The Labute approximate surface area is 179 Å². The highest BCUT2D eigenvalue weighted by Crippen LogP contribution is 2.48. The quantitative estimate of drug-likeness (QED) is 0.698. The number of allylic oxidation sites excluding steroid dienone is 1. The van der Waals surface area contributed by atoms with Crippen molar-refractivity contribution in [2.75, 3.05) is 10.2 Å². The molecule has 1 aliphatic carbocycles. The van der Waals surface area contributed by atoms with Gasteiger partial charge in [-0.05, 0) is 35.4 Å². The summed E-state index contributed by atoms with van der Waals surface area (Å²) in [5.41, 5.74) is 4.24. The second-order valence-corrected chi connectivity index (χ2v) is 9.65. The Balaban J connectivity index is 1.98. The minimum atomic E-state index is -0.424. The van der Waals surface area contributed by atoms with E-state index < -0.39 is 6.04 Å². The van der Waals surface area contributed by atoms with Crippen molar-refractivity contribution in [2.45, 2.75) is 53.0 Å². The van der Waals surface area contributed by atoms with Crippen molar-refractivity contribution in [3.63, 3.8) is 0 Å². The molecule has 4 rings (SSSR count). The Kier molecular flexibility index (Phi) is 5.27. The fourth-order valence-corrected chi connectivity index (χ4v) is 4.66. The van der Waals surface area contributed by atoms with Crippen LogP contribution in [0.25, 0.3) is 0 Å². The lowest BCUT2D eigenvalue weighted by Gasteiger charge is -2.37. The molecule has 0 saturated carbocycles. The van der Waals surface area contributed by atoms with Crippen LogP contribution in [0.4, 0.5) is 11.4 Å². The van der Waals surface area contributed by atoms with Gasteiger partial charge < -0.3 is 5.32 Å². The summed E-state index contributed by atoms with van der Waals surface area (Å²) in [5.74, 6) is 0.393. The number of para-hydroxylation sites is 2. The van der Waals surface area contributed by atoms with Crippen molar-refractivity contribution < 1.29 is 9.59 Å². The first kappa shape index (κ1) is 20.4. The van der Waals surface area contributed by atoms with Crippen LogP contribution in [0, 0.1) is 11.3 Å². The summed E-state index contributed by atoms with van der Waals surface area (Å²) in [4.78, 5) is 28.9. The lowest BCUT2D eigenvalue weighted by Crippen LogP contribution is -2.39. The van der Waals surface area contributed by atoms with Gasteiger partial charge in [-0.1, -0.05) is 70.2 Å². The molecule has 0 bridgehead atoms. The highest BCUT2D eigenvalue weighted by molar-refractivity contribution is 6.06. The molecule has 0 saturated heterocycles. The van der Waals surface area contributed by atoms with Crippen LogP contribution in [-0.2, 0) is 9.59 Å². The summed E-state index contributed by atoms with van der Waals surface area (Å²) in [6.07, 6.45) is 1.69. The molecule has 0 spiro atoms. The Morgan fingerprint density at radius 2 is 1.73 bits per heavy atom. The molecule has 0 aromatic heterocycles. The molecule has 156 valence electrons. The first-order valence-corrected chi connectivity index (χ1v) is 10.8. The number of nitrogens with zero attached hydrogens (tertiary/aromatic N) is 1. The van der Waals surface area contributed by atoms with Gasteiger partial charge in [0.05, 0.1) is 17.4 Å². The van der Waals surface area contributed by atoms with Crippen molar-refractivity contribution >= 4 is 23.1 Å². The van der Waals surface area contributed by atoms with E-state index in [1.54, 1.807) is 0 Å². The normalized spacial score (nSPS) is 20.4. The highest BCUT2D eigenvalue weighted by Gasteiger charge is 2.43. The van der Waals surface area contributed by atoms with Crippen LogP contribution in [0.1, 0.15) is 58.6 Å². The van der Waals surface area contributed by atoms with Gasteiger partial charge in [0.15, 0.2) is 5.78 Å². The molecule has 2 aliphatic rings. The van der Waals surface area contributed by atoms with E-state index in [-0.39, 0.29) is 23.0 Å². The van der Waals surface area contributed by atoms with E-state index in [1.807, 2.05) is 59.5 Å². The van der Waals surface area contributed by atoms with Gasteiger partial charge in [-0.3, -0.25) is 14.5 Å². The van der Waals surface area contributed by atoms with Gasteiger partial charge in [0.25, 0.3) is 0 Å². The summed E-state index contributed by atoms with van der Waals surface area (Å²) < 4.78 is 0. The molecule has 0 unspecified atom stereocenters. The number of fused-ring (bicyclic) bond motifs is 1. The Bertz CT molecular complexity index is 1000. The number of benzene rings is 2. The number of carbonyl (C=O) groups is 2. The lowest BCUT2D eigenvalue weighted by atomic mass is 9.73. The van der Waals surface area contributed by atoms with E-state index >= 15 is 0 Å². The predicted octanol–water partition coefficient (Wildman–Crippen LogP) is 5.88. The molecule has 2 aromatic carbocycles. The smallest absolute Gasteiger partial charge is 0.228 e. The lowest BCUT2D eigenvalue weighted by molar-refractivity contribution is -0.120. The van der Waals surface area contributed by atoms with Crippen molar-refractivity contribution in [1.82, 2.24) is 0 Å². The number of hydrogen-bond acceptors (Lipinski definition) is 3. The molecule has 30 heavy (non-hydrogen) atoms. The van der Waals surface area contributed by atoms with Crippen LogP contribution < -0.4 is 10.2 Å². The van der Waals surface area contributed by atoms with Gasteiger partial charge in [0.1, 0.15) is 0 Å². The number of ketones is 1. The number of nitrogens with one attached hydrogen (secondary N) is 1. The van der Waals surface area contributed by atoms with Gasteiger partial charge in [-0.15, -0.1) is 0 Å². The molecule has 1 aliphatic heterocycles. The van der Waals surface area contributed by atoms with E-state index in [4.69, 9.17) is 0 Å². The summed E-state index contributed by atoms with van der Waals surface area (Å²) in [6, 6.07) is 17.4. The zero-order chi connectivity index (χ0) is 21.5. The maximum atomic E-state index is 13.6. The number of anilines is 2. The van der Waals surface area contributed by atoms with Crippen molar-refractivity contribution in [3.8, 4) is 0 Å². The van der Waals surface area contributed by atoms with Gasteiger partial charge >= 0.3 is 0 Å². The Hall–Kier alpha value is -2.88. The van der Waals surface area contributed by atoms with Crippen LogP contribution in [-0.4, -0.2) is 11.7 Å². The first-order chi connectivity index (χ1) is 14.3. The van der Waals surface area contributed by atoms with Gasteiger partial charge in [0.2, 0.25) is 5.91 Å². The molecule has 4 heteroatoms. The summed E-state index contributed by atoms with van der Waals surface area (Å²) >= 11 is 0. The zero-order valence-corrected chi connectivity index (χ0v) is 18.2. The largest absolute Gasteiger partial charge is 0.357 e. The number of amides is 1. The Morgan fingerprint density at radius 3 is 2.43 bits per heavy atom. The van der Waals surface area contributed by atoms with Crippen LogP contribution in [0.3, 0.4) is 0 Å². The average molecular weight is 403 g/mol. The topological polar surface area (TPSA) is 49.4 Å². The molecule has 1 N–H and O–H groups in total. The van der Waals surface area contributed by atoms with E-state index in [0.717, 1.165) is 34.6 Å². The SMILES string of the molecule is CC(C)CC(=O)N1c2ccccc2NC2=C(C(=O)CC(C)(C)C2)[C@H]1c1ccccc1. The van der Waals surface area contributed by atoms with Crippen molar-refractivity contribution in [1.29, 1.82) is 0 Å². The van der Waals surface area contributed by atoms with Crippen molar-refractivity contribution in [3.05, 3.63) is 71.4 Å². The summed E-state index contributed by atoms with van der Waals surface area (Å²) in [7, 11) is 0. The third-order valence-corrected chi connectivity index (χ3v) is 5.87. The van der Waals surface area contributed by atoms with E-state index in [1.165, 1.54) is 0 Å². The maximum Gasteiger partial charge on any atom is 0.228 e. The maximum absolute atomic E-state index is 13.6. The number of Topliss-reactive ketones (excluding diaryl/α,β-unsaturated/α-hetero) is 1. The predicted molar refractivity (Wildman–Crippen MR) is 121 cm³/mol. The fraction of sp³-hybridized carbons (Fsp3) is 0.385. The molecule has 1 atom stereocenters. The molecule has 0 fully saturated rings. The molecule has 1 heterocycles. The van der Waals surface area contributed by atoms with Crippen LogP contribution in [0.2, 0.25) is 0 Å². The van der Waals surface area contributed by atoms with Gasteiger partial charge in [-0.2, -0.15) is 0 Å². The molecule has 4 nitrogen and oxygen atoms in total. The third kappa shape index (κ3) is 3.79. The standard InChI is InChI=1S/C26H30N2O2/c1-17(2)14-23(30)28-21-13-9-8-12-19(21)27-20-15-26(3,4)16-22(29)24(20)25(28)18-10-6-5-7-11-18/h5-13,17,25,27H,14-16H2,1-4H3/t25-/m1/s1. The monoisotopic (exact) mass is 402 g/mol. The molecule has 0 radical (unpaired) electrons. The number of carbonyl (C=O) groups excluding carboxylic acids is 2. The second kappa shape index (κ2) is 7.75. The van der Waals surface area contributed by atoms with Gasteiger partial charge in [0, 0.05) is 24.1 Å². The van der Waals surface area contributed by atoms with E-state index in [9.17, 15) is 9.59 Å². The fourth-order valence-electron chi connectivity index (χ4n) is 4.66. The Morgan fingerprint density at radius 1 is 1.07 bits per heavy atom. The molecule has 2 aromatic rings. The van der Waals surface area contributed by atoms with Crippen LogP contribution in [0.15, 0.2) is 65.9 Å². The molecular weight excluding hydrogens is 372 g/mol. The zero-order valence-electron chi connectivity index (χ0n) is 18.2. The van der Waals surface area contributed by atoms with Crippen molar-refractivity contribution in [2.24, 2.45) is 11.3 Å². The van der Waals surface area contributed by atoms with Gasteiger partial charge in [-0.25, -0.2) is 0 Å².